The molecular formula is C20H22N4O4S. The Morgan fingerprint density at radius 1 is 1.07 bits per heavy atom. The molecule has 0 amide bonds. The van der Waals surface area contributed by atoms with Gasteiger partial charge in [-0.1, -0.05) is 35.5 Å². The van der Waals surface area contributed by atoms with E-state index in [2.05, 4.69) is 10.3 Å². The third-order valence-corrected chi connectivity index (χ3v) is 6.96. The van der Waals surface area contributed by atoms with E-state index in [4.69, 9.17) is 9.47 Å². The summed E-state index contributed by atoms with van der Waals surface area (Å²) in [6.07, 6.45) is 2.52. The maximum atomic E-state index is 13.2. The van der Waals surface area contributed by atoms with Crippen LogP contribution in [-0.2, 0) is 10.0 Å². The van der Waals surface area contributed by atoms with Crippen LogP contribution in [0.25, 0.3) is 11.3 Å². The summed E-state index contributed by atoms with van der Waals surface area (Å²) in [7, 11) is -0.782. The molecule has 152 valence electrons. The first-order valence-electron chi connectivity index (χ1n) is 9.22. The molecular weight excluding hydrogens is 392 g/mol. The van der Waals surface area contributed by atoms with E-state index in [0.29, 0.717) is 31.0 Å². The summed E-state index contributed by atoms with van der Waals surface area (Å²) in [4.78, 5) is 0.101. The molecule has 4 rings (SSSR count). The molecule has 1 fully saturated rings. The molecule has 3 aromatic rings. The summed E-state index contributed by atoms with van der Waals surface area (Å²) in [5.41, 5.74) is 1.74. The molecule has 0 spiro atoms. The van der Waals surface area contributed by atoms with Crippen LogP contribution in [0.3, 0.4) is 0 Å². The van der Waals surface area contributed by atoms with Crippen LogP contribution in [0.2, 0.25) is 0 Å². The van der Waals surface area contributed by atoms with E-state index >= 15 is 0 Å². The zero-order chi connectivity index (χ0) is 20.4. The highest BCUT2D eigenvalue weighted by Crippen LogP contribution is 2.34. The Morgan fingerprint density at radius 3 is 2.59 bits per heavy atom. The van der Waals surface area contributed by atoms with Gasteiger partial charge < -0.3 is 9.47 Å². The molecule has 2 heterocycles. The van der Waals surface area contributed by atoms with E-state index in [-0.39, 0.29) is 10.9 Å². The molecule has 8 nitrogen and oxygen atoms in total. The summed E-state index contributed by atoms with van der Waals surface area (Å²) in [6, 6.07) is 14.5. The number of benzene rings is 2. The number of sulfonamides is 1. The topological polar surface area (TPSA) is 86.5 Å². The lowest BCUT2D eigenvalue weighted by Crippen LogP contribution is -2.29. The van der Waals surface area contributed by atoms with Gasteiger partial charge in [-0.15, -0.1) is 5.10 Å². The molecule has 1 aromatic heterocycles. The van der Waals surface area contributed by atoms with Crippen molar-refractivity contribution in [2.45, 2.75) is 17.4 Å². The van der Waals surface area contributed by atoms with Gasteiger partial charge in [-0.25, -0.2) is 13.1 Å². The number of methoxy groups -OCH3 is 2. The number of aromatic nitrogens is 3. The van der Waals surface area contributed by atoms with Crippen molar-refractivity contribution in [1.82, 2.24) is 19.3 Å². The second-order valence-corrected chi connectivity index (χ2v) is 8.68. The van der Waals surface area contributed by atoms with Crippen LogP contribution in [0.5, 0.6) is 11.5 Å². The van der Waals surface area contributed by atoms with E-state index in [1.54, 1.807) is 16.8 Å². The van der Waals surface area contributed by atoms with Gasteiger partial charge in [0.1, 0.15) is 22.1 Å². The molecule has 1 atom stereocenters. The summed E-state index contributed by atoms with van der Waals surface area (Å²) in [5.74, 6) is 0.755. The number of rotatable bonds is 6. The third kappa shape index (κ3) is 3.70. The maximum absolute atomic E-state index is 13.2. The van der Waals surface area contributed by atoms with E-state index in [9.17, 15) is 8.42 Å². The highest BCUT2D eigenvalue weighted by atomic mass is 32.2. The van der Waals surface area contributed by atoms with Gasteiger partial charge in [0.25, 0.3) is 0 Å². The number of hydrogen-bond donors (Lipinski definition) is 0. The zero-order valence-corrected chi connectivity index (χ0v) is 17.0. The molecule has 1 unspecified atom stereocenters. The van der Waals surface area contributed by atoms with Gasteiger partial charge in [0.2, 0.25) is 10.0 Å². The molecule has 0 bridgehead atoms. The Balaban J connectivity index is 1.56. The molecule has 9 heteroatoms. The highest BCUT2D eigenvalue weighted by molar-refractivity contribution is 7.89. The monoisotopic (exact) mass is 414 g/mol. The van der Waals surface area contributed by atoms with Crippen molar-refractivity contribution in [3.8, 4) is 22.8 Å². The molecule has 0 radical (unpaired) electrons. The van der Waals surface area contributed by atoms with Crippen LogP contribution in [0.1, 0.15) is 12.5 Å². The summed E-state index contributed by atoms with van der Waals surface area (Å²) >= 11 is 0. The Labute approximate surface area is 169 Å². The SMILES string of the molecule is COc1ccc(OC)c(S(=O)(=O)N2CCC(n3cc(-c4ccccc4)nn3)C2)c1. The lowest BCUT2D eigenvalue weighted by Gasteiger charge is -2.19. The first kappa shape index (κ1) is 19.4. The fourth-order valence-electron chi connectivity index (χ4n) is 3.47. The van der Waals surface area contributed by atoms with Crippen LogP contribution in [0, 0.1) is 0 Å². The van der Waals surface area contributed by atoms with Crippen molar-refractivity contribution >= 4 is 10.0 Å². The highest BCUT2D eigenvalue weighted by Gasteiger charge is 2.35. The van der Waals surface area contributed by atoms with Gasteiger partial charge in [0.15, 0.2) is 0 Å². The molecule has 0 N–H and O–H groups in total. The minimum absolute atomic E-state index is 0.0775. The van der Waals surface area contributed by atoms with E-state index in [0.717, 1.165) is 11.3 Å². The molecule has 0 saturated carbocycles. The van der Waals surface area contributed by atoms with Crippen molar-refractivity contribution in [1.29, 1.82) is 0 Å². The normalized spacial score (nSPS) is 17.4. The molecule has 0 aliphatic carbocycles. The fraction of sp³-hybridized carbons (Fsp3) is 0.300. The van der Waals surface area contributed by atoms with Crippen LogP contribution < -0.4 is 9.47 Å². The van der Waals surface area contributed by atoms with Gasteiger partial charge in [-0.05, 0) is 18.6 Å². The van der Waals surface area contributed by atoms with Crippen LogP contribution in [0.4, 0.5) is 0 Å². The average Bonchev–Trinajstić information content (AvgIpc) is 3.44. The number of hydrogen-bond acceptors (Lipinski definition) is 6. The quantitative estimate of drug-likeness (QED) is 0.616. The van der Waals surface area contributed by atoms with Crippen molar-refractivity contribution in [3.05, 3.63) is 54.7 Å². The fourth-order valence-corrected chi connectivity index (χ4v) is 5.13. The van der Waals surface area contributed by atoms with Crippen LogP contribution >= 0.6 is 0 Å². The summed E-state index contributed by atoms with van der Waals surface area (Å²) in [5, 5.41) is 8.46. The lowest BCUT2D eigenvalue weighted by atomic mass is 10.2. The van der Waals surface area contributed by atoms with E-state index in [1.807, 2.05) is 36.5 Å². The largest absolute Gasteiger partial charge is 0.497 e. The second kappa shape index (κ2) is 7.84. The van der Waals surface area contributed by atoms with Crippen LogP contribution in [0.15, 0.2) is 59.6 Å². The first-order valence-corrected chi connectivity index (χ1v) is 10.7. The average molecular weight is 414 g/mol. The zero-order valence-electron chi connectivity index (χ0n) is 16.2. The second-order valence-electron chi connectivity index (χ2n) is 6.77. The number of ether oxygens (including phenoxy) is 2. The molecule has 1 aliphatic heterocycles. The van der Waals surface area contributed by atoms with E-state index in [1.165, 1.54) is 24.6 Å². The van der Waals surface area contributed by atoms with E-state index < -0.39 is 10.0 Å². The van der Waals surface area contributed by atoms with Crippen LogP contribution in [-0.4, -0.2) is 55.0 Å². The smallest absolute Gasteiger partial charge is 0.246 e. The Bertz CT molecular complexity index is 1100. The van der Waals surface area contributed by atoms with Crippen molar-refractivity contribution in [2.75, 3.05) is 27.3 Å². The first-order chi connectivity index (χ1) is 14.0. The van der Waals surface area contributed by atoms with Gasteiger partial charge >= 0.3 is 0 Å². The van der Waals surface area contributed by atoms with Gasteiger partial charge in [0.05, 0.1) is 26.5 Å². The number of nitrogens with zero attached hydrogens (tertiary/aromatic N) is 4. The minimum Gasteiger partial charge on any atom is -0.497 e. The molecule has 1 saturated heterocycles. The Hall–Kier alpha value is -2.91. The van der Waals surface area contributed by atoms with Gasteiger partial charge in [0, 0.05) is 24.7 Å². The predicted octanol–water partition coefficient (Wildman–Crippen LogP) is 2.60. The Morgan fingerprint density at radius 2 is 1.86 bits per heavy atom. The van der Waals surface area contributed by atoms with Crippen molar-refractivity contribution in [2.24, 2.45) is 0 Å². The van der Waals surface area contributed by atoms with Crippen molar-refractivity contribution < 1.29 is 17.9 Å². The molecule has 2 aromatic carbocycles. The van der Waals surface area contributed by atoms with Crippen molar-refractivity contribution in [3.63, 3.8) is 0 Å². The third-order valence-electron chi connectivity index (χ3n) is 5.07. The Kier molecular flexibility index (Phi) is 5.25. The van der Waals surface area contributed by atoms with Gasteiger partial charge in [-0.3, -0.25) is 0 Å². The summed E-state index contributed by atoms with van der Waals surface area (Å²) in [6.45, 7) is 0.716. The maximum Gasteiger partial charge on any atom is 0.246 e. The summed E-state index contributed by atoms with van der Waals surface area (Å²) < 4.78 is 40.1. The lowest BCUT2D eigenvalue weighted by molar-refractivity contribution is 0.386. The van der Waals surface area contributed by atoms with Gasteiger partial charge in [-0.2, -0.15) is 4.31 Å². The molecule has 1 aliphatic rings. The standard InChI is InChI=1S/C20H22N4O4S/c1-27-17-8-9-19(28-2)20(12-17)29(25,26)23-11-10-16(13-23)24-14-18(21-22-24)15-6-4-3-5-7-15/h3-9,12,14,16H,10-11,13H2,1-2H3. The predicted molar refractivity (Wildman–Crippen MR) is 107 cm³/mol. The minimum atomic E-state index is -3.73. The molecule has 29 heavy (non-hydrogen) atoms.